The molecule has 2 unspecified atom stereocenters. The van der Waals surface area contributed by atoms with E-state index in [1.54, 1.807) is 6.92 Å². The van der Waals surface area contributed by atoms with Gasteiger partial charge in [-0.2, -0.15) is 13.2 Å². The minimum absolute atomic E-state index is 0.00439. The number of alkyl halides is 3. The summed E-state index contributed by atoms with van der Waals surface area (Å²) >= 11 is 0. The van der Waals surface area contributed by atoms with Gasteiger partial charge in [0.25, 0.3) is 0 Å². The summed E-state index contributed by atoms with van der Waals surface area (Å²) in [5.41, 5.74) is 6.57. The Bertz CT molecular complexity index is 377. The largest absolute Gasteiger partial charge is 0.389 e. The average molecular weight is 279 g/mol. The van der Waals surface area contributed by atoms with Crippen molar-refractivity contribution in [3.05, 3.63) is 35.6 Å². The molecule has 0 aliphatic carbocycles. The van der Waals surface area contributed by atoms with Crippen molar-refractivity contribution in [1.82, 2.24) is 0 Å². The molecular formula is C13H17F4NO. The second-order valence-corrected chi connectivity index (χ2v) is 4.37. The molecule has 108 valence electrons. The maximum Gasteiger partial charge on any atom is 0.389 e. The summed E-state index contributed by atoms with van der Waals surface area (Å²) in [4.78, 5) is 0. The van der Waals surface area contributed by atoms with Gasteiger partial charge in [0.1, 0.15) is 5.82 Å². The van der Waals surface area contributed by atoms with Crippen LogP contribution in [0.2, 0.25) is 0 Å². The Morgan fingerprint density at radius 3 is 2.32 bits per heavy atom. The van der Waals surface area contributed by atoms with Crippen molar-refractivity contribution < 1.29 is 22.3 Å². The summed E-state index contributed by atoms with van der Waals surface area (Å²) < 4.78 is 53.8. The fourth-order valence-electron chi connectivity index (χ4n) is 1.60. The van der Waals surface area contributed by atoms with E-state index >= 15 is 0 Å². The molecule has 1 aromatic rings. The second-order valence-electron chi connectivity index (χ2n) is 4.37. The third-order valence-corrected chi connectivity index (χ3v) is 2.75. The highest BCUT2D eigenvalue weighted by molar-refractivity contribution is 5.20. The monoisotopic (exact) mass is 279 g/mol. The van der Waals surface area contributed by atoms with Gasteiger partial charge < -0.3 is 10.5 Å². The highest BCUT2D eigenvalue weighted by Crippen LogP contribution is 2.22. The summed E-state index contributed by atoms with van der Waals surface area (Å²) in [6.45, 7) is 1.68. The second kappa shape index (κ2) is 6.86. The van der Waals surface area contributed by atoms with Gasteiger partial charge in [-0.3, -0.25) is 0 Å². The fraction of sp³-hybridized carbons (Fsp3) is 0.538. The Kier molecular flexibility index (Phi) is 5.75. The topological polar surface area (TPSA) is 35.2 Å². The smallest absolute Gasteiger partial charge is 0.377 e. The van der Waals surface area contributed by atoms with Crippen molar-refractivity contribution in [3.8, 4) is 0 Å². The Morgan fingerprint density at radius 2 is 1.79 bits per heavy atom. The predicted molar refractivity (Wildman–Crippen MR) is 64.0 cm³/mol. The Hall–Kier alpha value is -1.14. The third-order valence-electron chi connectivity index (χ3n) is 2.75. The Balaban J connectivity index is 2.36. The SMILES string of the molecule is CC(OCCCC(F)(F)F)C(N)c1ccc(F)cc1. The molecule has 0 radical (unpaired) electrons. The van der Waals surface area contributed by atoms with E-state index < -0.39 is 24.7 Å². The van der Waals surface area contributed by atoms with Crippen LogP contribution in [0, 0.1) is 5.82 Å². The zero-order chi connectivity index (χ0) is 14.5. The van der Waals surface area contributed by atoms with Gasteiger partial charge in [0.15, 0.2) is 0 Å². The molecule has 0 amide bonds. The first-order valence-corrected chi connectivity index (χ1v) is 5.99. The number of hydrogen-bond donors (Lipinski definition) is 1. The highest BCUT2D eigenvalue weighted by atomic mass is 19.4. The van der Waals surface area contributed by atoms with Gasteiger partial charge in [-0.1, -0.05) is 12.1 Å². The summed E-state index contributed by atoms with van der Waals surface area (Å²) in [5, 5.41) is 0. The molecule has 1 rings (SSSR count). The van der Waals surface area contributed by atoms with Gasteiger partial charge in [0, 0.05) is 13.0 Å². The first kappa shape index (κ1) is 15.9. The maximum atomic E-state index is 12.7. The van der Waals surface area contributed by atoms with Crippen LogP contribution in [0.15, 0.2) is 24.3 Å². The number of hydrogen-bond acceptors (Lipinski definition) is 2. The van der Waals surface area contributed by atoms with Gasteiger partial charge in [-0.25, -0.2) is 4.39 Å². The molecule has 0 fully saturated rings. The lowest BCUT2D eigenvalue weighted by Crippen LogP contribution is -2.27. The molecule has 0 aromatic heterocycles. The summed E-state index contributed by atoms with van der Waals surface area (Å²) in [5.74, 6) is -0.366. The fourth-order valence-corrected chi connectivity index (χ4v) is 1.60. The first-order chi connectivity index (χ1) is 8.79. The lowest BCUT2D eigenvalue weighted by atomic mass is 10.0. The number of ether oxygens (including phenoxy) is 1. The first-order valence-electron chi connectivity index (χ1n) is 5.99. The van der Waals surface area contributed by atoms with Gasteiger partial charge in [-0.15, -0.1) is 0 Å². The minimum Gasteiger partial charge on any atom is -0.377 e. The minimum atomic E-state index is -4.16. The van der Waals surface area contributed by atoms with Gasteiger partial charge in [-0.05, 0) is 31.0 Å². The van der Waals surface area contributed by atoms with E-state index in [2.05, 4.69) is 0 Å². The molecular weight excluding hydrogens is 262 g/mol. The van der Waals surface area contributed by atoms with E-state index in [1.807, 2.05) is 0 Å². The number of rotatable bonds is 6. The van der Waals surface area contributed by atoms with Crippen LogP contribution in [0.1, 0.15) is 31.4 Å². The molecule has 2 N–H and O–H groups in total. The molecule has 0 saturated carbocycles. The predicted octanol–water partition coefficient (Wildman–Crippen LogP) is 3.57. The summed E-state index contributed by atoms with van der Waals surface area (Å²) in [6, 6.07) is 5.15. The van der Waals surface area contributed by atoms with E-state index in [1.165, 1.54) is 24.3 Å². The molecule has 19 heavy (non-hydrogen) atoms. The number of halogens is 4. The molecule has 0 aliphatic rings. The van der Waals surface area contributed by atoms with Crippen LogP contribution in [0.4, 0.5) is 17.6 Å². The molecule has 2 atom stereocenters. The molecule has 0 spiro atoms. The van der Waals surface area contributed by atoms with E-state index in [9.17, 15) is 17.6 Å². The van der Waals surface area contributed by atoms with Gasteiger partial charge in [0.05, 0.1) is 12.1 Å². The average Bonchev–Trinajstić information content (AvgIpc) is 2.33. The van der Waals surface area contributed by atoms with E-state index in [4.69, 9.17) is 10.5 Å². The zero-order valence-electron chi connectivity index (χ0n) is 10.6. The van der Waals surface area contributed by atoms with Crippen molar-refractivity contribution in [1.29, 1.82) is 0 Å². The van der Waals surface area contributed by atoms with Gasteiger partial charge >= 0.3 is 6.18 Å². The lowest BCUT2D eigenvalue weighted by Gasteiger charge is -2.21. The van der Waals surface area contributed by atoms with Crippen LogP contribution in [-0.2, 0) is 4.74 Å². The zero-order valence-corrected chi connectivity index (χ0v) is 10.6. The van der Waals surface area contributed by atoms with Crippen LogP contribution >= 0.6 is 0 Å². The number of nitrogens with two attached hydrogens (primary N) is 1. The van der Waals surface area contributed by atoms with E-state index in [0.717, 1.165) is 0 Å². The standard InChI is InChI=1S/C13H17F4NO/c1-9(19-8-2-7-13(15,16)17)12(18)10-3-5-11(14)6-4-10/h3-6,9,12H,2,7-8,18H2,1H3. The third kappa shape index (κ3) is 6.02. The molecule has 2 nitrogen and oxygen atoms in total. The van der Waals surface area contributed by atoms with E-state index in [0.29, 0.717) is 5.56 Å². The van der Waals surface area contributed by atoms with Crippen molar-refractivity contribution in [2.24, 2.45) is 5.73 Å². The van der Waals surface area contributed by atoms with Crippen LogP contribution in [0.25, 0.3) is 0 Å². The molecule has 6 heteroatoms. The highest BCUT2D eigenvalue weighted by Gasteiger charge is 2.26. The van der Waals surface area contributed by atoms with Crippen molar-refractivity contribution in [2.75, 3.05) is 6.61 Å². The van der Waals surface area contributed by atoms with Crippen molar-refractivity contribution >= 4 is 0 Å². The van der Waals surface area contributed by atoms with Crippen LogP contribution in [0.3, 0.4) is 0 Å². The molecule has 0 saturated heterocycles. The Morgan fingerprint density at radius 1 is 1.21 bits per heavy atom. The van der Waals surface area contributed by atoms with Crippen molar-refractivity contribution in [2.45, 2.75) is 38.1 Å². The molecule has 0 aliphatic heterocycles. The van der Waals surface area contributed by atoms with Gasteiger partial charge in [0.2, 0.25) is 0 Å². The quantitative estimate of drug-likeness (QED) is 0.638. The van der Waals surface area contributed by atoms with E-state index in [-0.39, 0.29) is 18.8 Å². The summed E-state index contributed by atoms with van der Waals surface area (Å²) in [7, 11) is 0. The van der Waals surface area contributed by atoms with Crippen LogP contribution < -0.4 is 5.73 Å². The van der Waals surface area contributed by atoms with Crippen molar-refractivity contribution in [3.63, 3.8) is 0 Å². The van der Waals surface area contributed by atoms with Crippen LogP contribution in [-0.4, -0.2) is 18.9 Å². The summed E-state index contributed by atoms with van der Waals surface area (Å²) in [6.07, 6.45) is -5.56. The lowest BCUT2D eigenvalue weighted by molar-refractivity contribution is -0.138. The van der Waals surface area contributed by atoms with Crippen LogP contribution in [0.5, 0.6) is 0 Å². The maximum absolute atomic E-state index is 12.7. The normalized spacial score (nSPS) is 15.3. The molecule has 0 bridgehead atoms. The number of benzene rings is 1. The molecule has 1 aromatic carbocycles. The molecule has 0 heterocycles. The Labute approximate surface area is 109 Å².